The van der Waals surface area contributed by atoms with Crippen LogP contribution in [0.25, 0.3) is 0 Å². The van der Waals surface area contributed by atoms with Gasteiger partial charge in [-0.25, -0.2) is 0 Å². The standard InChI is InChI=1S/C13H17N3O4/c1-2-9-8-20-7-6-15(9)13(17)10-4-3-5-11(14)12(10)16(18)19/h3-5,9H,2,6-8,14H2,1H3. The Hall–Kier alpha value is -2.15. The Balaban J connectivity index is 2.38. The van der Waals surface area contributed by atoms with Gasteiger partial charge in [-0.05, 0) is 18.6 Å². The van der Waals surface area contributed by atoms with Crippen LogP contribution in [0.5, 0.6) is 0 Å². The first-order valence-corrected chi connectivity index (χ1v) is 6.47. The molecule has 2 N–H and O–H groups in total. The van der Waals surface area contributed by atoms with Crippen molar-refractivity contribution in [3.05, 3.63) is 33.9 Å². The molecule has 2 rings (SSSR count). The van der Waals surface area contributed by atoms with Crippen LogP contribution in [-0.2, 0) is 4.74 Å². The third kappa shape index (κ3) is 2.57. The highest BCUT2D eigenvalue weighted by molar-refractivity contribution is 6.00. The first kappa shape index (κ1) is 14.3. The van der Waals surface area contributed by atoms with Gasteiger partial charge in [0.25, 0.3) is 5.91 Å². The molecule has 20 heavy (non-hydrogen) atoms. The monoisotopic (exact) mass is 279 g/mol. The van der Waals surface area contributed by atoms with Gasteiger partial charge in [-0.3, -0.25) is 14.9 Å². The number of nitrogens with two attached hydrogens (primary N) is 1. The van der Waals surface area contributed by atoms with E-state index < -0.39 is 4.92 Å². The summed E-state index contributed by atoms with van der Waals surface area (Å²) in [5.41, 5.74) is 5.34. The summed E-state index contributed by atoms with van der Waals surface area (Å²) in [5, 5.41) is 11.1. The SMILES string of the molecule is CCC1COCCN1C(=O)c1cccc(N)c1[N+](=O)[O-]. The van der Waals surface area contributed by atoms with Gasteiger partial charge in [-0.1, -0.05) is 13.0 Å². The predicted octanol–water partition coefficient (Wildman–Crippen LogP) is 1.43. The van der Waals surface area contributed by atoms with Gasteiger partial charge in [0, 0.05) is 6.54 Å². The van der Waals surface area contributed by atoms with Gasteiger partial charge in [-0.15, -0.1) is 0 Å². The first-order chi connectivity index (χ1) is 9.56. The zero-order valence-electron chi connectivity index (χ0n) is 11.2. The average molecular weight is 279 g/mol. The number of morpholine rings is 1. The Morgan fingerprint density at radius 2 is 2.35 bits per heavy atom. The van der Waals surface area contributed by atoms with Crippen LogP contribution in [0.2, 0.25) is 0 Å². The predicted molar refractivity (Wildman–Crippen MR) is 73.4 cm³/mol. The van der Waals surface area contributed by atoms with E-state index in [0.717, 1.165) is 6.42 Å². The van der Waals surface area contributed by atoms with E-state index in [9.17, 15) is 14.9 Å². The fraction of sp³-hybridized carbons (Fsp3) is 0.462. The second-order valence-corrected chi connectivity index (χ2v) is 4.64. The summed E-state index contributed by atoms with van der Waals surface area (Å²) in [7, 11) is 0. The van der Waals surface area contributed by atoms with E-state index in [1.54, 1.807) is 11.0 Å². The maximum Gasteiger partial charge on any atom is 0.304 e. The highest BCUT2D eigenvalue weighted by Crippen LogP contribution is 2.28. The highest BCUT2D eigenvalue weighted by atomic mass is 16.6. The van der Waals surface area contributed by atoms with Crippen LogP contribution in [0.1, 0.15) is 23.7 Å². The van der Waals surface area contributed by atoms with Crippen molar-refractivity contribution in [2.45, 2.75) is 19.4 Å². The lowest BCUT2D eigenvalue weighted by Gasteiger charge is -2.35. The molecule has 1 aromatic rings. The topological polar surface area (TPSA) is 98.7 Å². The van der Waals surface area contributed by atoms with E-state index in [1.165, 1.54) is 12.1 Å². The number of hydrogen-bond donors (Lipinski definition) is 1. The zero-order chi connectivity index (χ0) is 14.7. The molecular formula is C13H17N3O4. The van der Waals surface area contributed by atoms with Gasteiger partial charge < -0.3 is 15.4 Å². The molecule has 0 aliphatic carbocycles. The number of amides is 1. The Kier molecular flexibility index (Phi) is 4.19. The van der Waals surface area contributed by atoms with Gasteiger partial charge in [0.1, 0.15) is 11.3 Å². The summed E-state index contributed by atoms with van der Waals surface area (Å²) in [6.07, 6.45) is 0.738. The molecule has 1 amide bonds. The minimum Gasteiger partial charge on any atom is -0.393 e. The van der Waals surface area contributed by atoms with E-state index in [0.29, 0.717) is 19.8 Å². The molecule has 1 unspecified atom stereocenters. The fourth-order valence-corrected chi connectivity index (χ4v) is 2.35. The van der Waals surface area contributed by atoms with Crippen molar-refractivity contribution in [3.63, 3.8) is 0 Å². The quantitative estimate of drug-likeness (QED) is 0.512. The molecule has 7 nitrogen and oxygen atoms in total. The Labute approximate surface area is 116 Å². The highest BCUT2D eigenvalue weighted by Gasteiger charge is 2.31. The van der Waals surface area contributed by atoms with Crippen molar-refractivity contribution >= 4 is 17.3 Å². The number of carbonyl (C=O) groups excluding carboxylic acids is 1. The van der Waals surface area contributed by atoms with Crippen LogP contribution in [0.4, 0.5) is 11.4 Å². The Bertz CT molecular complexity index is 532. The van der Waals surface area contributed by atoms with Crippen LogP contribution in [0.15, 0.2) is 18.2 Å². The van der Waals surface area contributed by atoms with Gasteiger partial charge in [0.05, 0.1) is 24.2 Å². The van der Waals surface area contributed by atoms with E-state index in [-0.39, 0.29) is 28.9 Å². The number of rotatable bonds is 3. The second kappa shape index (κ2) is 5.87. The van der Waals surface area contributed by atoms with Crippen molar-refractivity contribution in [3.8, 4) is 0 Å². The van der Waals surface area contributed by atoms with Gasteiger partial charge in [0.15, 0.2) is 0 Å². The van der Waals surface area contributed by atoms with Crippen LogP contribution in [0, 0.1) is 10.1 Å². The maximum absolute atomic E-state index is 12.6. The molecule has 7 heteroatoms. The van der Waals surface area contributed by atoms with Gasteiger partial charge in [0.2, 0.25) is 0 Å². The largest absolute Gasteiger partial charge is 0.393 e. The maximum atomic E-state index is 12.6. The number of para-hydroxylation sites is 1. The van der Waals surface area contributed by atoms with Gasteiger partial charge in [-0.2, -0.15) is 0 Å². The lowest BCUT2D eigenvalue weighted by Crippen LogP contribution is -2.48. The molecule has 0 spiro atoms. The number of nitrogens with zero attached hydrogens (tertiary/aromatic N) is 2. The number of ether oxygens (including phenoxy) is 1. The summed E-state index contributed by atoms with van der Waals surface area (Å²) in [4.78, 5) is 24.7. The number of anilines is 1. The minimum absolute atomic E-state index is 0.00200. The van der Waals surface area contributed by atoms with Crippen LogP contribution >= 0.6 is 0 Å². The molecule has 0 saturated carbocycles. The molecule has 1 aliphatic heterocycles. The molecule has 1 aromatic carbocycles. The van der Waals surface area contributed by atoms with Crippen molar-refractivity contribution < 1.29 is 14.5 Å². The van der Waals surface area contributed by atoms with E-state index in [1.807, 2.05) is 6.92 Å². The number of hydrogen-bond acceptors (Lipinski definition) is 5. The molecule has 0 aromatic heterocycles. The van der Waals surface area contributed by atoms with Crippen LogP contribution < -0.4 is 5.73 Å². The smallest absolute Gasteiger partial charge is 0.304 e. The summed E-state index contributed by atoms with van der Waals surface area (Å²) in [6, 6.07) is 4.36. The molecule has 0 bridgehead atoms. The molecule has 108 valence electrons. The number of nitro benzene ring substituents is 1. The third-order valence-electron chi connectivity index (χ3n) is 3.44. The lowest BCUT2D eigenvalue weighted by atomic mass is 10.1. The zero-order valence-corrected chi connectivity index (χ0v) is 11.2. The molecule has 0 radical (unpaired) electrons. The second-order valence-electron chi connectivity index (χ2n) is 4.64. The first-order valence-electron chi connectivity index (χ1n) is 6.47. The number of nitro groups is 1. The molecule has 1 atom stereocenters. The molecule has 1 fully saturated rings. The molecule has 1 aliphatic rings. The van der Waals surface area contributed by atoms with Crippen molar-refractivity contribution in [1.29, 1.82) is 0 Å². The number of carbonyl (C=O) groups is 1. The summed E-state index contributed by atoms with van der Waals surface area (Å²) in [6.45, 7) is 3.29. The lowest BCUT2D eigenvalue weighted by molar-refractivity contribution is -0.384. The summed E-state index contributed by atoms with van der Waals surface area (Å²) >= 11 is 0. The molecule has 1 heterocycles. The number of nitrogen functional groups attached to an aromatic ring is 1. The summed E-state index contributed by atoms with van der Waals surface area (Å²) < 4.78 is 5.34. The number of benzene rings is 1. The average Bonchev–Trinajstić information content (AvgIpc) is 2.45. The Morgan fingerprint density at radius 1 is 1.60 bits per heavy atom. The van der Waals surface area contributed by atoms with E-state index in [2.05, 4.69) is 0 Å². The van der Waals surface area contributed by atoms with E-state index >= 15 is 0 Å². The van der Waals surface area contributed by atoms with Crippen molar-refractivity contribution in [1.82, 2.24) is 4.90 Å². The Morgan fingerprint density at radius 3 is 3.00 bits per heavy atom. The molecule has 1 saturated heterocycles. The van der Waals surface area contributed by atoms with Crippen LogP contribution in [0.3, 0.4) is 0 Å². The van der Waals surface area contributed by atoms with E-state index in [4.69, 9.17) is 10.5 Å². The normalized spacial score (nSPS) is 18.9. The van der Waals surface area contributed by atoms with Crippen molar-refractivity contribution in [2.75, 3.05) is 25.5 Å². The fourth-order valence-electron chi connectivity index (χ4n) is 2.35. The van der Waals surface area contributed by atoms with Gasteiger partial charge >= 0.3 is 5.69 Å². The summed E-state index contributed by atoms with van der Waals surface area (Å²) in [5.74, 6) is -0.362. The third-order valence-corrected chi connectivity index (χ3v) is 3.44. The van der Waals surface area contributed by atoms with Crippen LogP contribution in [-0.4, -0.2) is 41.5 Å². The van der Waals surface area contributed by atoms with Crippen molar-refractivity contribution in [2.24, 2.45) is 0 Å². The molecular weight excluding hydrogens is 262 g/mol. The minimum atomic E-state index is -0.607.